The Hall–Kier alpha value is -3.55. The SMILES string of the molecule is CCN(C(=O)C(Cc1ccccc1)NC(=O)OC(C)(C)C)C(C(=O)NC(C)C)c1cccc(C)c1O. The van der Waals surface area contributed by atoms with Crippen LogP contribution < -0.4 is 10.6 Å². The number of aromatic hydroxyl groups is 1. The van der Waals surface area contributed by atoms with Crippen molar-refractivity contribution in [3.8, 4) is 5.75 Å². The summed E-state index contributed by atoms with van der Waals surface area (Å²) in [6, 6.07) is 12.1. The minimum Gasteiger partial charge on any atom is -0.507 e. The van der Waals surface area contributed by atoms with Gasteiger partial charge < -0.3 is 25.4 Å². The van der Waals surface area contributed by atoms with Gasteiger partial charge in [-0.25, -0.2) is 4.79 Å². The van der Waals surface area contributed by atoms with E-state index < -0.39 is 35.6 Å². The lowest BCUT2D eigenvalue weighted by atomic mass is 9.98. The molecule has 0 saturated heterocycles. The summed E-state index contributed by atoms with van der Waals surface area (Å²) in [7, 11) is 0. The van der Waals surface area contributed by atoms with Gasteiger partial charge in [0.25, 0.3) is 0 Å². The minimum absolute atomic E-state index is 0.0487. The second-order valence-corrected chi connectivity index (χ2v) is 10.1. The predicted octanol–water partition coefficient (Wildman–Crippen LogP) is 4.25. The summed E-state index contributed by atoms with van der Waals surface area (Å²) in [6.07, 6.45) is -0.525. The van der Waals surface area contributed by atoms with Crippen LogP contribution >= 0.6 is 0 Å². The molecule has 8 heteroatoms. The number of nitrogens with one attached hydrogen (secondary N) is 2. The zero-order valence-electron chi connectivity index (χ0n) is 22.3. The van der Waals surface area contributed by atoms with Crippen molar-refractivity contribution in [1.29, 1.82) is 0 Å². The standard InChI is InChI=1S/C28H39N3O5/c1-8-31(23(25(33)29-18(2)3)21-16-12-13-19(4)24(21)32)26(34)22(17-20-14-10-9-11-15-20)30-27(35)36-28(5,6)7/h9-16,18,22-23,32H,8,17H2,1-7H3,(H,29,33)(H,30,35). The van der Waals surface area contributed by atoms with Crippen molar-refractivity contribution in [2.75, 3.05) is 6.54 Å². The number of hydrogen-bond acceptors (Lipinski definition) is 5. The van der Waals surface area contributed by atoms with Gasteiger partial charge in [0.1, 0.15) is 23.4 Å². The van der Waals surface area contributed by atoms with Crippen molar-refractivity contribution in [1.82, 2.24) is 15.5 Å². The van der Waals surface area contributed by atoms with Crippen molar-refractivity contribution in [2.45, 2.75) is 78.6 Å². The Labute approximate surface area is 214 Å². The molecule has 3 amide bonds. The number of aryl methyl sites for hydroxylation is 1. The summed E-state index contributed by atoms with van der Waals surface area (Å²) in [4.78, 5) is 41.4. The Balaban J connectivity index is 2.51. The van der Waals surface area contributed by atoms with Crippen LogP contribution in [0.15, 0.2) is 48.5 Å². The van der Waals surface area contributed by atoms with Crippen LogP contribution in [0.3, 0.4) is 0 Å². The summed E-state index contributed by atoms with van der Waals surface area (Å²) in [6.45, 7) is 12.5. The third-order valence-electron chi connectivity index (χ3n) is 5.45. The largest absolute Gasteiger partial charge is 0.507 e. The third-order valence-corrected chi connectivity index (χ3v) is 5.45. The lowest BCUT2D eigenvalue weighted by molar-refractivity contribution is -0.142. The first-order chi connectivity index (χ1) is 16.8. The molecule has 0 aliphatic rings. The van der Waals surface area contributed by atoms with E-state index in [-0.39, 0.29) is 24.8 Å². The number of carbonyl (C=O) groups is 3. The van der Waals surface area contributed by atoms with E-state index >= 15 is 0 Å². The predicted molar refractivity (Wildman–Crippen MR) is 140 cm³/mol. The number of phenols is 1. The van der Waals surface area contributed by atoms with Gasteiger partial charge in [0.15, 0.2) is 0 Å². The van der Waals surface area contributed by atoms with Gasteiger partial charge in [-0.1, -0.05) is 48.5 Å². The summed E-state index contributed by atoms with van der Waals surface area (Å²) in [5.74, 6) is -0.929. The number of amides is 3. The van der Waals surface area contributed by atoms with Crippen LogP contribution in [0.5, 0.6) is 5.75 Å². The number of phenolic OH excluding ortho intramolecular Hbond substituents is 1. The summed E-state index contributed by atoms with van der Waals surface area (Å²) >= 11 is 0. The van der Waals surface area contributed by atoms with Crippen LogP contribution in [0.25, 0.3) is 0 Å². The van der Waals surface area contributed by atoms with Gasteiger partial charge in [-0.3, -0.25) is 9.59 Å². The first kappa shape index (κ1) is 28.7. The molecule has 0 saturated carbocycles. The maximum Gasteiger partial charge on any atom is 0.408 e. The Morgan fingerprint density at radius 3 is 2.19 bits per heavy atom. The number of nitrogens with zero attached hydrogens (tertiary/aromatic N) is 1. The maximum atomic E-state index is 14.0. The molecule has 0 radical (unpaired) electrons. The summed E-state index contributed by atoms with van der Waals surface area (Å²) in [5.41, 5.74) is 0.997. The van der Waals surface area contributed by atoms with Crippen molar-refractivity contribution >= 4 is 17.9 Å². The molecule has 2 unspecified atom stereocenters. The number of hydrogen-bond donors (Lipinski definition) is 3. The molecule has 8 nitrogen and oxygen atoms in total. The van der Waals surface area contributed by atoms with Gasteiger partial charge in [0.05, 0.1) is 0 Å². The van der Waals surface area contributed by atoms with Crippen LogP contribution in [0.2, 0.25) is 0 Å². The molecule has 2 atom stereocenters. The molecule has 0 aliphatic heterocycles. The Morgan fingerprint density at radius 2 is 1.64 bits per heavy atom. The molecular weight excluding hydrogens is 458 g/mol. The molecule has 3 N–H and O–H groups in total. The molecule has 0 fully saturated rings. The van der Waals surface area contributed by atoms with E-state index in [1.165, 1.54) is 4.90 Å². The zero-order chi connectivity index (χ0) is 27.0. The number of carbonyl (C=O) groups excluding carboxylic acids is 3. The van der Waals surface area contributed by atoms with Gasteiger partial charge in [-0.05, 0) is 59.6 Å². The number of para-hydroxylation sites is 1. The number of ether oxygens (including phenoxy) is 1. The third kappa shape index (κ3) is 8.00. The van der Waals surface area contributed by atoms with Gasteiger partial charge in [-0.2, -0.15) is 0 Å². The fourth-order valence-electron chi connectivity index (χ4n) is 3.88. The Morgan fingerprint density at radius 1 is 1.00 bits per heavy atom. The second-order valence-electron chi connectivity index (χ2n) is 10.1. The molecule has 0 aliphatic carbocycles. The van der Waals surface area contributed by atoms with E-state index in [2.05, 4.69) is 10.6 Å². The van der Waals surface area contributed by atoms with Crippen molar-refractivity contribution in [2.24, 2.45) is 0 Å². The van der Waals surface area contributed by atoms with E-state index in [1.54, 1.807) is 52.8 Å². The average Bonchev–Trinajstić information content (AvgIpc) is 2.77. The summed E-state index contributed by atoms with van der Waals surface area (Å²) in [5, 5.41) is 16.4. The van der Waals surface area contributed by atoms with E-state index in [1.807, 2.05) is 44.2 Å². The lowest BCUT2D eigenvalue weighted by Crippen LogP contribution is -2.54. The highest BCUT2D eigenvalue weighted by atomic mass is 16.6. The quantitative estimate of drug-likeness (QED) is 0.480. The molecule has 0 heterocycles. The molecule has 2 aromatic carbocycles. The smallest absolute Gasteiger partial charge is 0.408 e. The van der Waals surface area contributed by atoms with Crippen molar-refractivity contribution in [3.05, 3.63) is 65.2 Å². The normalized spacial score (nSPS) is 13.0. The molecular formula is C28H39N3O5. The fourth-order valence-corrected chi connectivity index (χ4v) is 3.88. The van der Waals surface area contributed by atoms with E-state index in [0.717, 1.165) is 5.56 Å². The number of rotatable bonds is 9. The van der Waals surface area contributed by atoms with Gasteiger partial charge in [-0.15, -0.1) is 0 Å². The highest BCUT2D eigenvalue weighted by molar-refractivity contribution is 5.92. The van der Waals surface area contributed by atoms with Crippen LogP contribution in [-0.4, -0.2) is 52.1 Å². The van der Waals surface area contributed by atoms with Crippen LogP contribution in [0.1, 0.15) is 64.3 Å². The highest BCUT2D eigenvalue weighted by Crippen LogP contribution is 2.32. The average molecular weight is 498 g/mol. The number of benzene rings is 2. The molecule has 2 aromatic rings. The Kier molecular flexibility index (Phi) is 9.90. The monoisotopic (exact) mass is 497 g/mol. The van der Waals surface area contributed by atoms with E-state index in [0.29, 0.717) is 11.1 Å². The number of alkyl carbamates (subject to hydrolysis) is 1. The van der Waals surface area contributed by atoms with Gasteiger partial charge in [0.2, 0.25) is 11.8 Å². The molecule has 0 bridgehead atoms. The summed E-state index contributed by atoms with van der Waals surface area (Å²) < 4.78 is 5.41. The van der Waals surface area contributed by atoms with Crippen LogP contribution in [0, 0.1) is 6.92 Å². The Bertz CT molecular complexity index is 1050. The van der Waals surface area contributed by atoms with Crippen molar-refractivity contribution in [3.63, 3.8) is 0 Å². The number of likely N-dealkylation sites (N-methyl/N-ethyl adjacent to an activating group) is 1. The first-order valence-corrected chi connectivity index (χ1v) is 12.3. The van der Waals surface area contributed by atoms with Gasteiger partial charge >= 0.3 is 6.09 Å². The van der Waals surface area contributed by atoms with Crippen molar-refractivity contribution < 1.29 is 24.2 Å². The first-order valence-electron chi connectivity index (χ1n) is 12.3. The zero-order valence-corrected chi connectivity index (χ0v) is 22.3. The molecule has 196 valence electrons. The minimum atomic E-state index is -1.09. The molecule has 0 aromatic heterocycles. The molecule has 2 rings (SSSR count). The second kappa shape index (κ2) is 12.4. The topological polar surface area (TPSA) is 108 Å². The lowest BCUT2D eigenvalue weighted by Gasteiger charge is -2.34. The molecule has 36 heavy (non-hydrogen) atoms. The maximum absolute atomic E-state index is 14.0. The van der Waals surface area contributed by atoms with E-state index in [4.69, 9.17) is 4.74 Å². The fraction of sp³-hybridized carbons (Fsp3) is 0.464. The van der Waals surface area contributed by atoms with Gasteiger partial charge in [0, 0.05) is 24.6 Å². The molecule has 0 spiro atoms. The highest BCUT2D eigenvalue weighted by Gasteiger charge is 2.37. The van der Waals surface area contributed by atoms with E-state index in [9.17, 15) is 19.5 Å². The van der Waals surface area contributed by atoms with Crippen LogP contribution in [-0.2, 0) is 20.7 Å². The van der Waals surface area contributed by atoms with Crippen LogP contribution in [0.4, 0.5) is 4.79 Å².